The van der Waals surface area contributed by atoms with Crippen LogP contribution in [-0.2, 0) is 4.79 Å². The summed E-state index contributed by atoms with van der Waals surface area (Å²) in [6.07, 6.45) is 1.34. The van der Waals surface area contributed by atoms with Crippen molar-refractivity contribution in [2.24, 2.45) is 0 Å². The van der Waals surface area contributed by atoms with Crippen LogP contribution in [0.2, 0.25) is 20.1 Å². The van der Waals surface area contributed by atoms with Gasteiger partial charge < -0.3 is 9.73 Å². The van der Waals surface area contributed by atoms with Gasteiger partial charge in [0.15, 0.2) is 0 Å². The number of hydrogen-bond acceptors (Lipinski definition) is 3. The van der Waals surface area contributed by atoms with Gasteiger partial charge in [0.2, 0.25) is 0 Å². The van der Waals surface area contributed by atoms with E-state index < -0.39 is 5.91 Å². The molecule has 0 bridgehead atoms. The first-order valence-corrected chi connectivity index (χ1v) is 9.32. The van der Waals surface area contributed by atoms with E-state index in [0.29, 0.717) is 42.9 Å². The molecule has 0 radical (unpaired) electrons. The number of rotatable bonds is 4. The summed E-state index contributed by atoms with van der Waals surface area (Å²) in [6, 6.07) is 14.9. The molecule has 0 saturated carbocycles. The molecule has 28 heavy (non-hydrogen) atoms. The summed E-state index contributed by atoms with van der Waals surface area (Å²) in [5.74, 6) is 0.252. The van der Waals surface area contributed by atoms with E-state index in [2.05, 4.69) is 5.32 Å². The molecular weight excluding hydrogens is 442 g/mol. The Labute approximate surface area is 180 Å². The van der Waals surface area contributed by atoms with Crippen LogP contribution < -0.4 is 5.32 Å². The molecule has 0 spiro atoms. The van der Waals surface area contributed by atoms with Gasteiger partial charge >= 0.3 is 0 Å². The molecule has 0 saturated heterocycles. The molecule has 0 aliphatic carbocycles. The summed E-state index contributed by atoms with van der Waals surface area (Å²) in [7, 11) is 0. The molecule has 2 aromatic carbocycles. The number of nitriles is 1. The summed E-state index contributed by atoms with van der Waals surface area (Å²) >= 11 is 23.7. The summed E-state index contributed by atoms with van der Waals surface area (Å²) in [5, 5.41) is 13.4. The van der Waals surface area contributed by atoms with Crippen molar-refractivity contribution in [3.05, 3.63) is 80.0 Å². The number of hydrogen-bond donors (Lipinski definition) is 1. The molecule has 1 N–H and O–H groups in total. The van der Waals surface area contributed by atoms with Crippen molar-refractivity contribution < 1.29 is 9.21 Å². The van der Waals surface area contributed by atoms with E-state index in [1.54, 1.807) is 42.5 Å². The van der Waals surface area contributed by atoms with Crippen molar-refractivity contribution >= 4 is 64.1 Å². The normalized spacial score (nSPS) is 11.2. The van der Waals surface area contributed by atoms with Gasteiger partial charge in [-0.05, 0) is 48.5 Å². The first-order valence-electron chi connectivity index (χ1n) is 7.81. The van der Waals surface area contributed by atoms with E-state index in [9.17, 15) is 10.1 Å². The molecular formula is C20H10Cl4N2O2. The van der Waals surface area contributed by atoms with Crippen molar-refractivity contribution in [3.8, 4) is 17.4 Å². The number of nitrogens with one attached hydrogen (secondary N) is 1. The Balaban J connectivity index is 1.81. The summed E-state index contributed by atoms with van der Waals surface area (Å²) in [5.41, 5.74) is 0.991. The first kappa shape index (κ1) is 20.3. The predicted molar refractivity (Wildman–Crippen MR) is 113 cm³/mol. The third-order valence-corrected chi connectivity index (χ3v) is 5.14. The third-order valence-electron chi connectivity index (χ3n) is 3.66. The number of nitrogens with zero attached hydrogens (tertiary/aromatic N) is 1. The van der Waals surface area contributed by atoms with Crippen LogP contribution in [0.4, 0.5) is 5.69 Å². The van der Waals surface area contributed by atoms with Crippen LogP contribution in [0, 0.1) is 11.3 Å². The molecule has 0 aliphatic rings. The van der Waals surface area contributed by atoms with Gasteiger partial charge in [-0.2, -0.15) is 5.26 Å². The number of carbonyl (C=O) groups excluding carboxylic acids is 1. The molecule has 1 aromatic heterocycles. The number of furan rings is 1. The van der Waals surface area contributed by atoms with Gasteiger partial charge in [-0.25, -0.2) is 0 Å². The Hall–Kier alpha value is -2.42. The fourth-order valence-electron chi connectivity index (χ4n) is 2.30. The van der Waals surface area contributed by atoms with Gasteiger partial charge in [-0.15, -0.1) is 0 Å². The van der Waals surface area contributed by atoms with E-state index in [4.69, 9.17) is 50.8 Å². The topological polar surface area (TPSA) is 66.0 Å². The fourth-order valence-corrected chi connectivity index (χ4v) is 2.89. The molecule has 1 amide bonds. The molecule has 1 heterocycles. The minimum atomic E-state index is -0.603. The fraction of sp³-hybridized carbons (Fsp3) is 0. The maximum absolute atomic E-state index is 12.4. The zero-order valence-corrected chi connectivity index (χ0v) is 17.0. The molecule has 0 atom stereocenters. The zero-order valence-electron chi connectivity index (χ0n) is 14.0. The van der Waals surface area contributed by atoms with E-state index in [-0.39, 0.29) is 5.57 Å². The molecule has 140 valence electrons. The molecule has 0 fully saturated rings. The SMILES string of the molecule is N#C/C(=C/c1ccc(-c2ccc(Cl)c(Cl)c2)o1)C(=O)Nc1ccc(Cl)c(Cl)c1. The van der Waals surface area contributed by atoms with Crippen LogP contribution in [0.3, 0.4) is 0 Å². The summed E-state index contributed by atoms with van der Waals surface area (Å²) in [4.78, 5) is 12.4. The van der Waals surface area contributed by atoms with E-state index >= 15 is 0 Å². The Morgan fingerprint density at radius 1 is 0.929 bits per heavy atom. The zero-order chi connectivity index (χ0) is 20.3. The van der Waals surface area contributed by atoms with Gasteiger partial charge in [0.05, 0.1) is 20.1 Å². The maximum atomic E-state index is 12.4. The molecule has 4 nitrogen and oxygen atoms in total. The van der Waals surface area contributed by atoms with Crippen molar-refractivity contribution in [2.75, 3.05) is 5.32 Å². The number of amides is 1. The predicted octanol–water partition coefficient (Wildman–Crippen LogP) is 7.11. The van der Waals surface area contributed by atoms with Gasteiger partial charge in [0.1, 0.15) is 23.2 Å². The average molecular weight is 452 g/mol. The number of halogens is 4. The lowest BCUT2D eigenvalue weighted by Gasteiger charge is -2.05. The second kappa shape index (κ2) is 8.72. The van der Waals surface area contributed by atoms with Crippen molar-refractivity contribution in [2.45, 2.75) is 0 Å². The monoisotopic (exact) mass is 450 g/mol. The lowest BCUT2D eigenvalue weighted by molar-refractivity contribution is -0.112. The van der Waals surface area contributed by atoms with Crippen molar-refractivity contribution in [1.29, 1.82) is 5.26 Å². The maximum Gasteiger partial charge on any atom is 0.266 e. The highest BCUT2D eigenvalue weighted by Gasteiger charge is 2.13. The standard InChI is InChI=1S/C20H10Cl4N2O2/c21-15-4-1-11(8-17(15)23)19-6-3-14(28-19)7-12(10-25)20(27)26-13-2-5-16(22)18(24)9-13/h1-9H,(H,26,27)/b12-7-. The highest BCUT2D eigenvalue weighted by atomic mass is 35.5. The van der Waals surface area contributed by atoms with Gasteiger partial charge in [0, 0.05) is 17.3 Å². The Morgan fingerprint density at radius 2 is 1.61 bits per heavy atom. The summed E-state index contributed by atoms with van der Waals surface area (Å²) in [6.45, 7) is 0. The largest absolute Gasteiger partial charge is 0.457 e. The second-order valence-electron chi connectivity index (χ2n) is 5.58. The Morgan fingerprint density at radius 3 is 2.25 bits per heavy atom. The van der Waals surface area contributed by atoms with E-state index in [0.717, 1.165) is 0 Å². The molecule has 3 rings (SSSR count). The van der Waals surface area contributed by atoms with Crippen LogP contribution in [0.15, 0.2) is 58.5 Å². The minimum absolute atomic E-state index is 0.138. The van der Waals surface area contributed by atoms with Gasteiger partial charge in [-0.1, -0.05) is 46.4 Å². The number of anilines is 1. The number of benzene rings is 2. The quantitative estimate of drug-likeness (QED) is 0.339. The van der Waals surface area contributed by atoms with E-state index in [1.165, 1.54) is 12.1 Å². The Kier molecular flexibility index (Phi) is 6.33. The van der Waals surface area contributed by atoms with Crippen molar-refractivity contribution in [3.63, 3.8) is 0 Å². The molecule has 0 unspecified atom stereocenters. The van der Waals surface area contributed by atoms with Crippen LogP contribution >= 0.6 is 46.4 Å². The van der Waals surface area contributed by atoms with Crippen LogP contribution in [0.5, 0.6) is 0 Å². The van der Waals surface area contributed by atoms with Crippen LogP contribution in [0.1, 0.15) is 5.76 Å². The second-order valence-corrected chi connectivity index (χ2v) is 7.21. The van der Waals surface area contributed by atoms with Crippen LogP contribution in [-0.4, -0.2) is 5.91 Å². The van der Waals surface area contributed by atoms with Crippen molar-refractivity contribution in [1.82, 2.24) is 0 Å². The van der Waals surface area contributed by atoms with Crippen LogP contribution in [0.25, 0.3) is 17.4 Å². The van der Waals surface area contributed by atoms with Gasteiger partial charge in [-0.3, -0.25) is 4.79 Å². The van der Waals surface area contributed by atoms with Gasteiger partial charge in [0.25, 0.3) is 5.91 Å². The highest BCUT2D eigenvalue weighted by molar-refractivity contribution is 6.42. The third kappa shape index (κ3) is 4.70. The van der Waals surface area contributed by atoms with E-state index in [1.807, 2.05) is 6.07 Å². The Bertz CT molecular complexity index is 1130. The summed E-state index contributed by atoms with van der Waals surface area (Å²) < 4.78 is 5.68. The molecule has 0 aliphatic heterocycles. The number of carbonyl (C=O) groups is 1. The minimum Gasteiger partial charge on any atom is -0.457 e. The first-order chi connectivity index (χ1) is 13.4. The lowest BCUT2D eigenvalue weighted by atomic mass is 10.2. The highest BCUT2D eigenvalue weighted by Crippen LogP contribution is 2.30. The molecule has 8 heteroatoms. The lowest BCUT2D eigenvalue weighted by Crippen LogP contribution is -2.13. The molecule has 3 aromatic rings. The average Bonchev–Trinajstić information content (AvgIpc) is 3.13. The smallest absolute Gasteiger partial charge is 0.266 e.